The van der Waals surface area contributed by atoms with E-state index in [0.717, 1.165) is 45.2 Å². The van der Waals surface area contributed by atoms with E-state index in [1.807, 2.05) is 102 Å². The molecule has 334 valence electrons. The fourth-order valence-electron chi connectivity index (χ4n) is 7.82. The molecule has 0 saturated heterocycles. The molecule has 5 heterocycles. The third-order valence-electron chi connectivity index (χ3n) is 10.9. The molecule has 66 heavy (non-hydrogen) atoms. The van der Waals surface area contributed by atoms with Gasteiger partial charge in [0.1, 0.15) is 5.75 Å². The van der Waals surface area contributed by atoms with Gasteiger partial charge >= 0.3 is 11.7 Å². The quantitative estimate of drug-likeness (QED) is 0.0364. The van der Waals surface area contributed by atoms with Gasteiger partial charge in [0, 0.05) is 83.2 Å². The largest absolute Gasteiger partial charge is 0.494 e. The number of aromatic carboxylic acids is 1. The number of carboxylic acid groups (broad SMARTS) is 1. The zero-order chi connectivity index (χ0) is 45.5. The molecule has 0 amide bonds. The van der Waals surface area contributed by atoms with Crippen molar-refractivity contribution in [3.63, 3.8) is 0 Å². The van der Waals surface area contributed by atoms with Gasteiger partial charge in [0.15, 0.2) is 5.52 Å². The molecule has 0 unspecified atom stereocenters. The number of nitro groups is 1. The van der Waals surface area contributed by atoms with Gasteiger partial charge in [-0.2, -0.15) is 0 Å². The van der Waals surface area contributed by atoms with Crippen LogP contribution in [0.3, 0.4) is 0 Å². The fourth-order valence-corrected chi connectivity index (χ4v) is 7.82. The highest BCUT2D eigenvalue weighted by molar-refractivity contribution is 5.94. The summed E-state index contributed by atoms with van der Waals surface area (Å²) >= 11 is 0. The third kappa shape index (κ3) is 12.4. The van der Waals surface area contributed by atoms with Gasteiger partial charge in [-0.1, -0.05) is 42.5 Å². The smallest absolute Gasteiger partial charge is 0.335 e. The maximum atomic E-state index is 11.8. The normalized spacial score (nSPS) is 11.3. The summed E-state index contributed by atoms with van der Waals surface area (Å²) in [7, 11) is 0. The lowest BCUT2D eigenvalue weighted by Crippen LogP contribution is -2.25. The lowest BCUT2D eigenvalue weighted by molar-refractivity contribution is -0.383. The molecule has 0 atom stereocenters. The molecule has 1 N–H and O–H groups in total. The summed E-state index contributed by atoms with van der Waals surface area (Å²) in [6.45, 7) is 5.03. The Morgan fingerprint density at radius 3 is 1.58 bits per heavy atom. The number of nitrogens with zero attached hydrogens (tertiary/aromatic N) is 10. The first-order valence-corrected chi connectivity index (χ1v) is 21.6. The highest BCUT2D eigenvalue weighted by Gasteiger charge is 2.23. The summed E-state index contributed by atoms with van der Waals surface area (Å²) < 4.78 is 11.6. The molecule has 8 rings (SSSR count). The summed E-state index contributed by atoms with van der Waals surface area (Å²) in [6.07, 6.45) is 8.62. The zero-order valence-electron chi connectivity index (χ0n) is 36.2. The van der Waals surface area contributed by atoms with Crippen LogP contribution in [0.1, 0.15) is 62.7 Å². The van der Waals surface area contributed by atoms with E-state index in [2.05, 4.69) is 58.2 Å². The van der Waals surface area contributed by atoms with Gasteiger partial charge < -0.3 is 14.7 Å². The Kier molecular flexibility index (Phi) is 15.0. The SMILES string of the molecule is O=C(O)c1ccc(CN(CCCCOc2cc(CN(Cc3ccccn3)Cc3ccccn3)cc(CN(Cc3ccccn3)Cc3ccccn3)c2)c2ccc([N+](=O)[O-])c3nonc23)cc1. The molecule has 0 fully saturated rings. The number of ether oxygens (including phenoxy) is 1. The van der Waals surface area contributed by atoms with E-state index in [9.17, 15) is 20.0 Å². The Balaban J connectivity index is 1.03. The van der Waals surface area contributed by atoms with Crippen LogP contribution >= 0.6 is 0 Å². The number of aromatic nitrogens is 6. The predicted octanol–water partition coefficient (Wildman–Crippen LogP) is 8.68. The molecule has 5 aromatic heterocycles. The highest BCUT2D eigenvalue weighted by Crippen LogP contribution is 2.32. The number of benzene rings is 3. The van der Waals surface area contributed by atoms with Crippen LogP contribution in [0.25, 0.3) is 11.0 Å². The highest BCUT2D eigenvalue weighted by atomic mass is 16.6. The number of fused-ring (bicyclic) bond motifs is 1. The van der Waals surface area contributed by atoms with Crippen molar-refractivity contribution in [2.75, 3.05) is 18.1 Å². The molecule has 0 bridgehead atoms. The van der Waals surface area contributed by atoms with Gasteiger partial charge in [-0.3, -0.25) is 39.9 Å². The van der Waals surface area contributed by atoms with Crippen molar-refractivity contribution >= 4 is 28.4 Å². The van der Waals surface area contributed by atoms with E-state index >= 15 is 0 Å². The first kappa shape index (κ1) is 44.6. The van der Waals surface area contributed by atoms with Gasteiger partial charge in [-0.25, -0.2) is 9.42 Å². The molecule has 0 aliphatic rings. The van der Waals surface area contributed by atoms with Crippen LogP contribution in [0, 0.1) is 10.1 Å². The first-order valence-electron chi connectivity index (χ1n) is 21.6. The lowest BCUT2D eigenvalue weighted by Gasteiger charge is -2.25. The molecule has 0 spiro atoms. The van der Waals surface area contributed by atoms with Gasteiger partial charge in [0.25, 0.3) is 0 Å². The number of rotatable bonds is 23. The van der Waals surface area contributed by atoms with Crippen molar-refractivity contribution in [2.45, 2.75) is 58.7 Å². The first-order chi connectivity index (χ1) is 32.3. The second kappa shape index (κ2) is 22.1. The minimum atomic E-state index is -1.01. The van der Waals surface area contributed by atoms with Crippen LogP contribution in [-0.4, -0.2) is 69.2 Å². The number of hydrogen-bond donors (Lipinski definition) is 1. The Hall–Kier alpha value is -7.95. The van der Waals surface area contributed by atoms with Crippen LogP contribution in [0.15, 0.2) is 157 Å². The third-order valence-corrected chi connectivity index (χ3v) is 10.9. The number of nitro benzene ring substituents is 1. The van der Waals surface area contributed by atoms with Gasteiger partial charge in [-0.05, 0) is 119 Å². The molecule has 8 aromatic rings. The van der Waals surface area contributed by atoms with Crippen molar-refractivity contribution in [1.82, 2.24) is 40.0 Å². The number of pyridine rings is 4. The van der Waals surface area contributed by atoms with Crippen molar-refractivity contribution in [3.05, 3.63) is 207 Å². The average Bonchev–Trinajstić information content (AvgIpc) is 3.83. The maximum Gasteiger partial charge on any atom is 0.335 e. The van der Waals surface area contributed by atoms with Crippen molar-refractivity contribution in [1.29, 1.82) is 0 Å². The summed E-state index contributed by atoms with van der Waals surface area (Å²) in [4.78, 5) is 48.1. The Bertz CT molecular complexity index is 2610. The summed E-state index contributed by atoms with van der Waals surface area (Å²) in [5, 5.41) is 29.1. The summed E-state index contributed by atoms with van der Waals surface area (Å²) in [5.74, 6) is -0.269. The van der Waals surface area contributed by atoms with Crippen molar-refractivity contribution in [2.24, 2.45) is 0 Å². The molecule has 3 aromatic carbocycles. The van der Waals surface area contributed by atoms with Crippen LogP contribution in [0.4, 0.5) is 11.4 Å². The minimum Gasteiger partial charge on any atom is -0.494 e. The Morgan fingerprint density at radius 2 is 1.11 bits per heavy atom. The van der Waals surface area contributed by atoms with Crippen LogP contribution in [0.5, 0.6) is 5.75 Å². The van der Waals surface area contributed by atoms with Crippen molar-refractivity contribution in [3.8, 4) is 5.75 Å². The monoisotopic (exact) mass is 884 g/mol. The lowest BCUT2D eigenvalue weighted by atomic mass is 10.1. The standard InChI is InChI=1S/C50H48N10O6/c61-50(62)40-17-15-37(16-18-40)32-59(46-19-20-47(60(63)64)49-48(46)55-66-56-49)25-9-10-26-65-45-28-38(30-57(33-41-11-1-5-21-51-41)34-42-12-2-6-22-52-42)27-39(29-45)31-58(35-43-13-3-7-23-53-43)36-44-14-4-8-24-54-44/h1-8,11-24,27-29H,9-10,25-26,30-36H2,(H,61,62). The number of non-ortho nitro benzene ring substituents is 1. The van der Waals surface area contributed by atoms with Gasteiger partial charge in [-0.15, -0.1) is 0 Å². The summed E-state index contributed by atoms with van der Waals surface area (Å²) in [5.41, 5.74) is 7.74. The summed E-state index contributed by atoms with van der Waals surface area (Å²) in [6, 6.07) is 40.0. The molecule has 0 radical (unpaired) electrons. The maximum absolute atomic E-state index is 11.8. The number of hydrogen-bond acceptors (Lipinski definition) is 14. The molecular formula is C50H48N10O6. The number of unbranched alkanes of at least 4 members (excludes halogenated alkanes) is 1. The number of carbonyl (C=O) groups is 1. The van der Waals surface area contributed by atoms with Crippen LogP contribution in [0.2, 0.25) is 0 Å². The molecule has 0 aliphatic heterocycles. The zero-order valence-corrected chi connectivity index (χ0v) is 36.2. The van der Waals surface area contributed by atoms with Gasteiger partial charge in [0.05, 0.1) is 45.6 Å². The second-order valence-electron chi connectivity index (χ2n) is 15.9. The van der Waals surface area contributed by atoms with E-state index in [1.165, 1.54) is 6.07 Å². The van der Waals surface area contributed by atoms with E-state index < -0.39 is 10.9 Å². The van der Waals surface area contributed by atoms with Crippen molar-refractivity contribution < 1.29 is 24.2 Å². The average molecular weight is 885 g/mol. The number of anilines is 1. The van der Waals surface area contributed by atoms with Crippen LogP contribution < -0.4 is 9.64 Å². The van der Waals surface area contributed by atoms with E-state index in [-0.39, 0.29) is 22.3 Å². The topological polar surface area (TPSA) is 190 Å². The fraction of sp³-hybridized carbons (Fsp3) is 0.220. The number of carboxylic acids is 1. The molecule has 16 heteroatoms. The molecular weight excluding hydrogens is 837 g/mol. The molecule has 0 aliphatic carbocycles. The molecule has 16 nitrogen and oxygen atoms in total. The van der Waals surface area contributed by atoms with Gasteiger partial charge in [0.2, 0.25) is 5.52 Å². The predicted molar refractivity (Wildman–Crippen MR) is 247 cm³/mol. The molecule has 0 saturated carbocycles. The minimum absolute atomic E-state index is 0.0556. The second-order valence-corrected chi connectivity index (χ2v) is 15.9. The van der Waals surface area contributed by atoms with E-state index in [1.54, 1.807) is 30.3 Å². The Morgan fingerprint density at radius 1 is 0.591 bits per heavy atom. The Labute approximate surface area is 381 Å². The van der Waals surface area contributed by atoms with E-state index in [0.29, 0.717) is 77.5 Å². The van der Waals surface area contributed by atoms with Crippen LogP contribution in [-0.2, 0) is 45.8 Å². The van der Waals surface area contributed by atoms with E-state index in [4.69, 9.17) is 9.37 Å².